The molecule has 0 saturated heterocycles. The molecular weight excluding hydrogens is 526 g/mol. The van der Waals surface area contributed by atoms with Crippen LogP contribution < -0.4 is 16.2 Å². The van der Waals surface area contributed by atoms with Crippen molar-refractivity contribution in [3.05, 3.63) is 136 Å². The number of nitrogens with zero attached hydrogens (tertiary/aromatic N) is 2. The van der Waals surface area contributed by atoms with E-state index in [-0.39, 0.29) is 5.56 Å². The van der Waals surface area contributed by atoms with E-state index in [1.54, 1.807) is 79.3 Å². The maximum absolute atomic E-state index is 13.7. The van der Waals surface area contributed by atoms with E-state index < -0.39 is 17.9 Å². The lowest BCUT2D eigenvalue weighted by molar-refractivity contribution is -0.118. The van der Waals surface area contributed by atoms with Crippen molar-refractivity contribution in [3.63, 3.8) is 0 Å². The Morgan fingerprint density at radius 2 is 1.70 bits per heavy atom. The molecule has 2 amide bonds. The van der Waals surface area contributed by atoms with E-state index in [4.69, 9.17) is 11.6 Å². The average Bonchev–Trinajstić information content (AvgIpc) is 3.36. The summed E-state index contributed by atoms with van der Waals surface area (Å²) in [6.45, 7) is 0. The predicted octanol–water partition coefficient (Wildman–Crippen LogP) is 5.63. The molecule has 0 radical (unpaired) electrons. The Morgan fingerprint density at radius 1 is 0.900 bits per heavy atom. The number of H-pyrrole nitrogens is 1. The van der Waals surface area contributed by atoms with Crippen molar-refractivity contribution in [2.75, 3.05) is 5.32 Å². The number of rotatable bonds is 6. The summed E-state index contributed by atoms with van der Waals surface area (Å²) in [7, 11) is 0. The Hall–Kier alpha value is -5.21. The highest BCUT2D eigenvalue weighted by molar-refractivity contribution is 6.35. The molecule has 0 saturated carbocycles. The van der Waals surface area contributed by atoms with Gasteiger partial charge in [-0.05, 0) is 60.2 Å². The van der Waals surface area contributed by atoms with Gasteiger partial charge in [0.1, 0.15) is 6.04 Å². The summed E-state index contributed by atoms with van der Waals surface area (Å²) in [5.41, 5.74) is 3.41. The van der Waals surface area contributed by atoms with Crippen molar-refractivity contribution in [1.29, 1.82) is 0 Å². The number of amides is 2. The van der Waals surface area contributed by atoms with Crippen molar-refractivity contribution in [1.82, 2.24) is 19.9 Å². The summed E-state index contributed by atoms with van der Waals surface area (Å²) in [5, 5.41) is 7.92. The fourth-order valence-corrected chi connectivity index (χ4v) is 4.88. The minimum Gasteiger partial charge on any atom is -0.360 e. The van der Waals surface area contributed by atoms with E-state index in [0.717, 1.165) is 10.8 Å². The number of fused-ring (bicyclic) bond motifs is 2. The van der Waals surface area contributed by atoms with Crippen molar-refractivity contribution in [2.24, 2.45) is 0 Å². The second kappa shape index (κ2) is 10.5. The number of carbonyl (C=O) groups excluding carboxylic acids is 2. The summed E-state index contributed by atoms with van der Waals surface area (Å²) in [5.74, 6) is -0.856. The van der Waals surface area contributed by atoms with Crippen molar-refractivity contribution >= 4 is 50.9 Å². The minimum absolute atomic E-state index is 0.161. The SMILES string of the molecule is O=C(NC(C(=O)Nc1ccc(-n2ccccc2=O)cc1)c1ccnc2ccccc12)c1ccc2c(Cl)c[nH]c2c1. The molecular formula is C31H22ClN5O3. The van der Waals surface area contributed by atoms with E-state index in [1.807, 2.05) is 24.3 Å². The third kappa shape index (κ3) is 4.83. The minimum atomic E-state index is -1.03. The first kappa shape index (κ1) is 25.1. The maximum Gasteiger partial charge on any atom is 0.255 e. The largest absolute Gasteiger partial charge is 0.360 e. The second-order valence-electron chi connectivity index (χ2n) is 9.17. The molecule has 0 aliphatic rings. The van der Waals surface area contributed by atoms with Crippen LogP contribution in [0.2, 0.25) is 5.02 Å². The van der Waals surface area contributed by atoms with Gasteiger partial charge in [-0.3, -0.25) is 23.9 Å². The van der Waals surface area contributed by atoms with Crippen LogP contribution in [0.5, 0.6) is 0 Å². The molecule has 40 heavy (non-hydrogen) atoms. The zero-order valence-electron chi connectivity index (χ0n) is 21.0. The van der Waals surface area contributed by atoms with Crippen LogP contribution >= 0.6 is 11.6 Å². The van der Waals surface area contributed by atoms with E-state index in [2.05, 4.69) is 20.6 Å². The number of nitrogens with one attached hydrogen (secondary N) is 3. The molecule has 3 aromatic carbocycles. The van der Waals surface area contributed by atoms with Gasteiger partial charge >= 0.3 is 0 Å². The normalized spacial score (nSPS) is 11.8. The van der Waals surface area contributed by atoms with Gasteiger partial charge in [-0.15, -0.1) is 0 Å². The maximum atomic E-state index is 13.7. The lowest BCUT2D eigenvalue weighted by atomic mass is 10.0. The van der Waals surface area contributed by atoms with Gasteiger partial charge in [0, 0.05) is 57.9 Å². The number of carbonyl (C=O) groups is 2. The van der Waals surface area contributed by atoms with Gasteiger partial charge in [0.05, 0.1) is 10.5 Å². The second-order valence-corrected chi connectivity index (χ2v) is 9.57. The number of aromatic nitrogens is 3. The van der Waals surface area contributed by atoms with Crippen LogP contribution in [0.1, 0.15) is 22.0 Å². The lowest BCUT2D eigenvalue weighted by Crippen LogP contribution is -2.37. The first-order chi connectivity index (χ1) is 19.5. The third-order valence-electron chi connectivity index (χ3n) is 6.66. The van der Waals surface area contributed by atoms with Crippen LogP contribution in [-0.4, -0.2) is 26.3 Å². The average molecular weight is 548 g/mol. The summed E-state index contributed by atoms with van der Waals surface area (Å²) in [6.07, 6.45) is 4.95. The monoisotopic (exact) mass is 547 g/mol. The van der Waals surface area contributed by atoms with Gasteiger partial charge in [-0.2, -0.15) is 0 Å². The molecule has 0 bridgehead atoms. The van der Waals surface area contributed by atoms with E-state index in [0.29, 0.717) is 38.6 Å². The van der Waals surface area contributed by atoms with Crippen molar-refractivity contribution in [2.45, 2.75) is 6.04 Å². The molecule has 3 aromatic heterocycles. The van der Waals surface area contributed by atoms with Gasteiger partial charge < -0.3 is 15.6 Å². The third-order valence-corrected chi connectivity index (χ3v) is 6.97. The summed E-state index contributed by atoms with van der Waals surface area (Å²) < 4.78 is 1.51. The molecule has 0 aliphatic carbocycles. The molecule has 3 N–H and O–H groups in total. The van der Waals surface area contributed by atoms with Gasteiger partial charge in [0.25, 0.3) is 17.4 Å². The van der Waals surface area contributed by atoms with Crippen LogP contribution in [-0.2, 0) is 4.79 Å². The first-order valence-electron chi connectivity index (χ1n) is 12.5. The first-order valence-corrected chi connectivity index (χ1v) is 12.9. The molecule has 196 valence electrons. The molecule has 9 heteroatoms. The van der Waals surface area contributed by atoms with Crippen molar-refractivity contribution < 1.29 is 9.59 Å². The van der Waals surface area contributed by atoms with Crippen LogP contribution in [0.4, 0.5) is 5.69 Å². The fourth-order valence-electron chi connectivity index (χ4n) is 4.66. The van der Waals surface area contributed by atoms with E-state index in [9.17, 15) is 14.4 Å². The van der Waals surface area contributed by atoms with E-state index >= 15 is 0 Å². The van der Waals surface area contributed by atoms with Crippen molar-refractivity contribution in [3.8, 4) is 5.69 Å². The Labute approximate surface area is 233 Å². The lowest BCUT2D eigenvalue weighted by Gasteiger charge is -2.21. The molecule has 0 aliphatic heterocycles. The Balaban J connectivity index is 1.32. The van der Waals surface area contributed by atoms with Crippen LogP contribution in [0.3, 0.4) is 0 Å². The zero-order valence-corrected chi connectivity index (χ0v) is 21.7. The smallest absolute Gasteiger partial charge is 0.255 e. The number of anilines is 1. The summed E-state index contributed by atoms with van der Waals surface area (Å²) >= 11 is 6.19. The molecule has 8 nitrogen and oxygen atoms in total. The predicted molar refractivity (Wildman–Crippen MR) is 156 cm³/mol. The number of aromatic amines is 1. The zero-order chi connectivity index (χ0) is 27.6. The Bertz CT molecular complexity index is 1940. The standard InChI is InChI=1S/C31H22ClN5O3/c32-25-18-34-27-17-19(8-13-24(25)27)30(39)36-29(23-14-15-33-26-6-2-1-5-22(23)26)31(40)35-20-9-11-21(12-10-20)37-16-4-3-7-28(37)38/h1-18,29,34H,(H,35,40)(H,36,39). The summed E-state index contributed by atoms with van der Waals surface area (Å²) in [4.78, 5) is 46.8. The number of para-hydroxylation sites is 1. The molecule has 1 atom stereocenters. The van der Waals surface area contributed by atoms with Gasteiger partial charge in [0.2, 0.25) is 0 Å². The number of hydrogen-bond donors (Lipinski definition) is 3. The quantitative estimate of drug-likeness (QED) is 0.251. The molecule has 0 fully saturated rings. The highest BCUT2D eigenvalue weighted by atomic mass is 35.5. The highest BCUT2D eigenvalue weighted by Gasteiger charge is 2.26. The molecule has 6 rings (SSSR count). The van der Waals surface area contributed by atoms with E-state index in [1.165, 1.54) is 10.6 Å². The Morgan fingerprint density at radius 3 is 2.52 bits per heavy atom. The number of halogens is 1. The highest BCUT2D eigenvalue weighted by Crippen LogP contribution is 2.27. The summed E-state index contributed by atoms with van der Waals surface area (Å²) in [6, 6.07) is 25.1. The molecule has 1 unspecified atom stereocenters. The molecule has 6 aromatic rings. The van der Waals surface area contributed by atoms with Crippen LogP contribution in [0.25, 0.3) is 27.5 Å². The van der Waals surface area contributed by atoms with Gasteiger partial charge in [-0.25, -0.2) is 0 Å². The molecule has 0 spiro atoms. The number of pyridine rings is 2. The Kier molecular flexibility index (Phi) is 6.59. The topological polar surface area (TPSA) is 109 Å². The van der Waals surface area contributed by atoms with Gasteiger partial charge in [-0.1, -0.05) is 41.9 Å². The number of hydrogen-bond acceptors (Lipinski definition) is 4. The fraction of sp³-hybridized carbons (Fsp3) is 0.0323. The van der Waals surface area contributed by atoms with Crippen LogP contribution in [0.15, 0.2) is 114 Å². The number of benzene rings is 3. The van der Waals surface area contributed by atoms with Crippen LogP contribution in [0, 0.1) is 0 Å². The van der Waals surface area contributed by atoms with Gasteiger partial charge in [0.15, 0.2) is 0 Å². The molecule has 3 heterocycles.